The Morgan fingerprint density at radius 1 is 1.30 bits per heavy atom. The van der Waals surface area contributed by atoms with Gasteiger partial charge in [0, 0.05) is 20.0 Å². The smallest absolute Gasteiger partial charge is 0.270 e. The number of hydrogen-bond acceptors (Lipinski definition) is 4. The van der Waals surface area contributed by atoms with Crippen LogP contribution in [0.15, 0.2) is 46.6 Å². The normalized spacial score (nSPS) is 11.2. The average molecular weight is 313 g/mol. The molecule has 2 aromatic rings. The molecule has 0 unspecified atom stereocenters. The zero-order valence-corrected chi connectivity index (χ0v) is 13.4. The molecule has 23 heavy (non-hydrogen) atoms. The van der Waals surface area contributed by atoms with E-state index in [0.29, 0.717) is 18.0 Å². The lowest BCUT2D eigenvalue weighted by atomic mass is 10.2. The van der Waals surface area contributed by atoms with Crippen LogP contribution in [0.3, 0.4) is 0 Å². The molecule has 0 aliphatic heterocycles. The molecular formula is C17H19N3O3. The number of carbonyl (C=O) groups excluding carboxylic acids is 2. The SMILES string of the molecule is CC(=O)N/C(=C\c1ccccc1)C(=O)N(C)Cc1cc(C)on1. The number of nitrogens with zero attached hydrogens (tertiary/aromatic N) is 2. The molecule has 0 aliphatic rings. The maximum atomic E-state index is 12.6. The molecule has 0 radical (unpaired) electrons. The molecule has 1 heterocycles. The summed E-state index contributed by atoms with van der Waals surface area (Å²) in [7, 11) is 1.65. The van der Waals surface area contributed by atoms with Crippen molar-refractivity contribution >= 4 is 17.9 Å². The Kier molecular flexibility index (Phi) is 5.30. The largest absolute Gasteiger partial charge is 0.361 e. The van der Waals surface area contributed by atoms with Crippen LogP contribution in [0, 0.1) is 6.92 Å². The fourth-order valence-electron chi connectivity index (χ4n) is 2.07. The molecule has 1 aromatic carbocycles. The summed E-state index contributed by atoms with van der Waals surface area (Å²) in [6.07, 6.45) is 1.65. The average Bonchev–Trinajstić information content (AvgIpc) is 2.91. The van der Waals surface area contributed by atoms with E-state index in [1.54, 1.807) is 26.1 Å². The van der Waals surface area contributed by atoms with Crippen molar-refractivity contribution in [1.29, 1.82) is 0 Å². The van der Waals surface area contributed by atoms with Gasteiger partial charge < -0.3 is 14.7 Å². The second-order valence-electron chi connectivity index (χ2n) is 5.24. The van der Waals surface area contributed by atoms with Gasteiger partial charge in [-0.3, -0.25) is 9.59 Å². The summed E-state index contributed by atoms with van der Waals surface area (Å²) in [5.41, 5.74) is 1.70. The van der Waals surface area contributed by atoms with Crippen molar-refractivity contribution in [3.05, 3.63) is 59.1 Å². The molecule has 120 valence electrons. The number of amides is 2. The standard InChI is InChI=1S/C17H19N3O3/c1-12-9-15(19-23-12)11-20(3)17(22)16(18-13(2)21)10-14-7-5-4-6-8-14/h4-10H,11H2,1-3H3,(H,18,21)/b16-10-. The van der Waals surface area contributed by atoms with E-state index in [4.69, 9.17) is 4.52 Å². The number of likely N-dealkylation sites (N-methyl/N-ethyl adjacent to an activating group) is 1. The van der Waals surface area contributed by atoms with Gasteiger partial charge in [0.05, 0.1) is 6.54 Å². The first-order valence-corrected chi connectivity index (χ1v) is 7.17. The van der Waals surface area contributed by atoms with E-state index in [2.05, 4.69) is 10.5 Å². The summed E-state index contributed by atoms with van der Waals surface area (Å²) in [6, 6.07) is 11.1. The molecule has 1 N–H and O–H groups in total. The highest BCUT2D eigenvalue weighted by Crippen LogP contribution is 2.10. The summed E-state index contributed by atoms with van der Waals surface area (Å²) < 4.78 is 4.99. The number of carbonyl (C=O) groups is 2. The lowest BCUT2D eigenvalue weighted by Gasteiger charge is -2.18. The van der Waals surface area contributed by atoms with Crippen LogP contribution in [0.4, 0.5) is 0 Å². The Hall–Kier alpha value is -2.89. The second kappa shape index (κ2) is 7.40. The number of aromatic nitrogens is 1. The van der Waals surface area contributed by atoms with Crippen molar-refractivity contribution in [3.8, 4) is 0 Å². The van der Waals surface area contributed by atoms with Crippen LogP contribution >= 0.6 is 0 Å². The fourth-order valence-corrected chi connectivity index (χ4v) is 2.07. The van der Waals surface area contributed by atoms with Gasteiger partial charge in [0.25, 0.3) is 5.91 Å². The van der Waals surface area contributed by atoms with Crippen LogP contribution < -0.4 is 5.32 Å². The lowest BCUT2D eigenvalue weighted by Crippen LogP contribution is -2.35. The molecule has 2 amide bonds. The second-order valence-corrected chi connectivity index (χ2v) is 5.24. The quantitative estimate of drug-likeness (QED) is 0.858. The number of rotatable bonds is 5. The van der Waals surface area contributed by atoms with Gasteiger partial charge in [-0.1, -0.05) is 35.5 Å². The molecule has 6 nitrogen and oxygen atoms in total. The lowest BCUT2D eigenvalue weighted by molar-refractivity contribution is -0.128. The van der Waals surface area contributed by atoms with Crippen LogP contribution in [-0.4, -0.2) is 28.9 Å². The maximum Gasteiger partial charge on any atom is 0.270 e. The molecule has 0 aliphatic carbocycles. The Morgan fingerprint density at radius 3 is 2.57 bits per heavy atom. The first-order chi connectivity index (χ1) is 11.0. The van der Waals surface area contributed by atoms with Gasteiger partial charge in [-0.25, -0.2) is 0 Å². The van der Waals surface area contributed by atoms with Crippen molar-refractivity contribution < 1.29 is 14.1 Å². The van der Waals surface area contributed by atoms with Crippen molar-refractivity contribution in [2.45, 2.75) is 20.4 Å². The van der Waals surface area contributed by atoms with Crippen LogP contribution in [0.25, 0.3) is 6.08 Å². The minimum absolute atomic E-state index is 0.214. The van der Waals surface area contributed by atoms with Crippen LogP contribution in [-0.2, 0) is 16.1 Å². The van der Waals surface area contributed by atoms with Crippen molar-refractivity contribution in [2.75, 3.05) is 7.05 Å². The molecule has 0 spiro atoms. The van der Waals surface area contributed by atoms with Crippen molar-refractivity contribution in [3.63, 3.8) is 0 Å². The number of benzene rings is 1. The molecule has 0 atom stereocenters. The van der Waals surface area contributed by atoms with E-state index in [9.17, 15) is 9.59 Å². The highest BCUT2D eigenvalue weighted by atomic mass is 16.5. The van der Waals surface area contributed by atoms with E-state index in [-0.39, 0.29) is 17.5 Å². The van der Waals surface area contributed by atoms with E-state index in [0.717, 1.165) is 5.56 Å². The molecule has 0 fully saturated rings. The zero-order valence-electron chi connectivity index (χ0n) is 13.4. The predicted molar refractivity (Wildman–Crippen MR) is 85.9 cm³/mol. The molecule has 0 saturated carbocycles. The van der Waals surface area contributed by atoms with Crippen LogP contribution in [0.5, 0.6) is 0 Å². The monoisotopic (exact) mass is 313 g/mol. The summed E-state index contributed by atoms with van der Waals surface area (Å²) in [4.78, 5) is 25.4. The molecule has 2 rings (SSSR count). The molecule has 0 saturated heterocycles. The molecule has 1 aromatic heterocycles. The Labute approximate surface area is 134 Å². The third-order valence-electron chi connectivity index (χ3n) is 3.07. The van der Waals surface area contributed by atoms with E-state index in [1.807, 2.05) is 30.3 Å². The van der Waals surface area contributed by atoms with Gasteiger partial charge in [0.15, 0.2) is 0 Å². The van der Waals surface area contributed by atoms with Gasteiger partial charge in [-0.05, 0) is 18.6 Å². The third kappa shape index (κ3) is 4.81. The predicted octanol–water partition coefficient (Wildman–Crippen LogP) is 2.12. The van der Waals surface area contributed by atoms with E-state index < -0.39 is 0 Å². The molecule has 0 bridgehead atoms. The minimum Gasteiger partial charge on any atom is -0.361 e. The van der Waals surface area contributed by atoms with Crippen molar-refractivity contribution in [1.82, 2.24) is 15.4 Å². The van der Waals surface area contributed by atoms with Gasteiger partial charge in [0.2, 0.25) is 5.91 Å². The summed E-state index contributed by atoms with van der Waals surface area (Å²) in [6.45, 7) is 3.45. The Balaban J connectivity index is 2.19. The first kappa shape index (κ1) is 16.5. The number of hydrogen-bond donors (Lipinski definition) is 1. The fraction of sp³-hybridized carbons (Fsp3) is 0.235. The number of nitrogens with one attached hydrogen (secondary N) is 1. The Morgan fingerprint density at radius 2 is 2.00 bits per heavy atom. The van der Waals surface area contributed by atoms with Gasteiger partial charge in [-0.2, -0.15) is 0 Å². The van der Waals surface area contributed by atoms with Gasteiger partial charge >= 0.3 is 0 Å². The first-order valence-electron chi connectivity index (χ1n) is 7.17. The zero-order chi connectivity index (χ0) is 16.8. The van der Waals surface area contributed by atoms with Crippen molar-refractivity contribution in [2.24, 2.45) is 0 Å². The Bertz CT molecular complexity index is 720. The molecular weight excluding hydrogens is 294 g/mol. The van der Waals surface area contributed by atoms with Crippen LogP contribution in [0.1, 0.15) is 23.9 Å². The molecule has 6 heteroatoms. The van der Waals surface area contributed by atoms with E-state index >= 15 is 0 Å². The van der Waals surface area contributed by atoms with Gasteiger partial charge in [0.1, 0.15) is 17.2 Å². The topological polar surface area (TPSA) is 75.4 Å². The highest BCUT2D eigenvalue weighted by Gasteiger charge is 2.17. The number of aryl methyl sites for hydroxylation is 1. The highest BCUT2D eigenvalue weighted by molar-refractivity contribution is 6.00. The minimum atomic E-state index is -0.301. The summed E-state index contributed by atoms with van der Waals surface area (Å²) in [5, 5.41) is 6.45. The third-order valence-corrected chi connectivity index (χ3v) is 3.07. The summed E-state index contributed by atoms with van der Waals surface area (Å²) >= 11 is 0. The summed E-state index contributed by atoms with van der Waals surface area (Å²) in [5.74, 6) is 0.0821. The van der Waals surface area contributed by atoms with Gasteiger partial charge in [-0.15, -0.1) is 0 Å². The van der Waals surface area contributed by atoms with Crippen LogP contribution in [0.2, 0.25) is 0 Å². The maximum absolute atomic E-state index is 12.6. The van der Waals surface area contributed by atoms with E-state index in [1.165, 1.54) is 11.8 Å².